The lowest BCUT2D eigenvalue weighted by Crippen LogP contribution is -2.07. The zero-order valence-electron chi connectivity index (χ0n) is 15.3. The van der Waals surface area contributed by atoms with Crippen LogP contribution >= 0.6 is 11.6 Å². The molecular formula is C21H16ClF3O4. The Hall–Kier alpha value is -2.93. The molecular weight excluding hydrogens is 409 g/mol. The van der Waals surface area contributed by atoms with Gasteiger partial charge in [0.05, 0.1) is 30.7 Å². The van der Waals surface area contributed by atoms with E-state index in [1.165, 1.54) is 13.2 Å². The highest BCUT2D eigenvalue weighted by Crippen LogP contribution is 2.37. The second-order valence-electron chi connectivity index (χ2n) is 6.09. The summed E-state index contributed by atoms with van der Waals surface area (Å²) in [4.78, 5) is 11.1. The third-order valence-electron chi connectivity index (χ3n) is 4.07. The summed E-state index contributed by atoms with van der Waals surface area (Å²) in [5.74, 6) is 0.802. The van der Waals surface area contributed by atoms with Gasteiger partial charge in [-0.1, -0.05) is 23.7 Å². The van der Waals surface area contributed by atoms with E-state index in [1.54, 1.807) is 24.3 Å². The maximum absolute atomic E-state index is 12.7. The lowest BCUT2D eigenvalue weighted by atomic mass is 10.1. The number of ether oxygens (including phenoxy) is 3. The minimum Gasteiger partial charge on any atom is -0.493 e. The molecule has 3 aromatic rings. The molecule has 0 aliphatic carbocycles. The summed E-state index contributed by atoms with van der Waals surface area (Å²) < 4.78 is 53.9. The number of alkyl halides is 3. The lowest BCUT2D eigenvalue weighted by molar-refractivity contribution is -0.141. The van der Waals surface area contributed by atoms with Gasteiger partial charge in [-0.15, -0.1) is 0 Å². The zero-order valence-corrected chi connectivity index (χ0v) is 16.0. The third kappa shape index (κ3) is 5.32. The quantitative estimate of drug-likeness (QED) is 0.439. The fraction of sp³-hybridized carbons (Fsp3) is 0.190. The Balaban J connectivity index is 1.73. The first-order valence-corrected chi connectivity index (χ1v) is 8.92. The maximum atomic E-state index is 12.7. The van der Waals surface area contributed by atoms with E-state index >= 15 is 0 Å². The van der Waals surface area contributed by atoms with Crippen LogP contribution in [-0.4, -0.2) is 19.7 Å². The summed E-state index contributed by atoms with van der Waals surface area (Å²) in [6.07, 6.45) is -4.32. The molecule has 0 aliphatic heterocycles. The molecule has 3 rings (SSSR count). The van der Waals surface area contributed by atoms with Gasteiger partial charge >= 0.3 is 12.1 Å². The molecule has 152 valence electrons. The maximum Gasteiger partial charge on any atom is 0.416 e. The number of carbonyl (C=O) groups is 1. The number of fused-ring (bicyclic) bond motifs is 1. The molecule has 4 nitrogen and oxygen atoms in total. The van der Waals surface area contributed by atoms with E-state index in [0.29, 0.717) is 11.5 Å². The fourth-order valence-electron chi connectivity index (χ4n) is 2.60. The van der Waals surface area contributed by atoms with Crippen molar-refractivity contribution < 1.29 is 32.2 Å². The Kier molecular flexibility index (Phi) is 6.17. The average molecular weight is 425 g/mol. The number of carbonyl (C=O) groups excluding carboxylic acids is 1. The molecule has 0 atom stereocenters. The van der Waals surface area contributed by atoms with Crippen molar-refractivity contribution in [3.05, 3.63) is 65.2 Å². The van der Waals surface area contributed by atoms with Gasteiger partial charge in [0.2, 0.25) is 0 Å². The minimum atomic E-state index is -4.47. The second-order valence-corrected chi connectivity index (χ2v) is 6.50. The van der Waals surface area contributed by atoms with Crippen LogP contribution in [0, 0.1) is 0 Å². The zero-order chi connectivity index (χ0) is 21.0. The van der Waals surface area contributed by atoms with Crippen LogP contribution in [0.25, 0.3) is 10.8 Å². The van der Waals surface area contributed by atoms with Crippen LogP contribution in [0.1, 0.15) is 12.0 Å². The molecule has 0 radical (unpaired) electrons. The smallest absolute Gasteiger partial charge is 0.416 e. The highest BCUT2D eigenvalue weighted by Gasteiger charge is 2.31. The van der Waals surface area contributed by atoms with Gasteiger partial charge in [-0.05, 0) is 53.2 Å². The molecule has 0 spiro atoms. The Bertz CT molecular complexity index is 1030. The van der Waals surface area contributed by atoms with Crippen molar-refractivity contribution in [3.63, 3.8) is 0 Å². The van der Waals surface area contributed by atoms with Gasteiger partial charge in [-0.3, -0.25) is 4.79 Å². The first kappa shape index (κ1) is 20.8. The molecule has 0 aliphatic rings. The Morgan fingerprint density at radius 1 is 0.966 bits per heavy atom. The van der Waals surface area contributed by atoms with Crippen molar-refractivity contribution >= 4 is 28.3 Å². The number of esters is 1. The van der Waals surface area contributed by atoms with Crippen molar-refractivity contribution in [1.29, 1.82) is 0 Å². The van der Waals surface area contributed by atoms with Gasteiger partial charge in [0.15, 0.2) is 0 Å². The number of hydrogen-bond acceptors (Lipinski definition) is 4. The number of methoxy groups -OCH3 is 1. The van der Waals surface area contributed by atoms with Crippen molar-refractivity contribution in [2.75, 3.05) is 13.7 Å². The predicted octanol–water partition coefficient (Wildman–Crippen LogP) is 6.25. The lowest BCUT2D eigenvalue weighted by Gasteiger charge is -2.12. The number of benzene rings is 3. The third-order valence-corrected chi connectivity index (χ3v) is 4.37. The van der Waals surface area contributed by atoms with Gasteiger partial charge in [0.25, 0.3) is 0 Å². The molecule has 0 fully saturated rings. The van der Waals surface area contributed by atoms with E-state index < -0.39 is 11.7 Å². The summed E-state index contributed by atoms with van der Waals surface area (Å²) in [5.41, 5.74) is -0.840. The molecule has 0 bridgehead atoms. The van der Waals surface area contributed by atoms with Crippen molar-refractivity contribution in [2.45, 2.75) is 12.6 Å². The van der Waals surface area contributed by atoms with Crippen LogP contribution in [0.4, 0.5) is 13.2 Å². The van der Waals surface area contributed by atoms with Gasteiger partial charge < -0.3 is 14.2 Å². The molecule has 0 saturated heterocycles. The normalized spacial score (nSPS) is 11.3. The molecule has 29 heavy (non-hydrogen) atoms. The van der Waals surface area contributed by atoms with Crippen molar-refractivity contribution in [1.82, 2.24) is 0 Å². The molecule has 0 aromatic heterocycles. The van der Waals surface area contributed by atoms with Gasteiger partial charge in [0, 0.05) is 0 Å². The summed E-state index contributed by atoms with van der Waals surface area (Å²) in [7, 11) is 1.32. The summed E-state index contributed by atoms with van der Waals surface area (Å²) in [5, 5.41) is 1.58. The van der Waals surface area contributed by atoms with E-state index in [0.717, 1.165) is 22.9 Å². The Morgan fingerprint density at radius 2 is 1.62 bits per heavy atom. The van der Waals surface area contributed by atoms with E-state index in [-0.39, 0.29) is 29.8 Å². The van der Waals surface area contributed by atoms with Crippen molar-refractivity contribution in [3.8, 4) is 17.2 Å². The standard InChI is InChI=1S/C21H16ClF3O4/c1-27-20(26)8-9-28-16-5-2-14-11-17(6-3-13(14)10-16)29-19-7-4-15(12-18(19)22)21(23,24)25/h2-7,10-12H,8-9H2,1H3. The molecule has 3 aromatic carbocycles. The van der Waals surface area contributed by atoms with E-state index in [2.05, 4.69) is 4.74 Å². The topological polar surface area (TPSA) is 44.8 Å². The SMILES string of the molecule is COC(=O)CCOc1ccc2cc(Oc3ccc(C(F)(F)F)cc3Cl)ccc2c1. The van der Waals surface area contributed by atoms with Crippen LogP contribution in [0.2, 0.25) is 5.02 Å². The van der Waals surface area contributed by atoms with Gasteiger partial charge in [-0.25, -0.2) is 0 Å². The Labute approximate surface area is 169 Å². The van der Waals surface area contributed by atoms with Crippen LogP contribution in [-0.2, 0) is 15.7 Å². The number of halogens is 4. The first-order valence-electron chi connectivity index (χ1n) is 8.54. The van der Waals surface area contributed by atoms with Crippen LogP contribution < -0.4 is 9.47 Å². The highest BCUT2D eigenvalue weighted by molar-refractivity contribution is 6.32. The van der Waals surface area contributed by atoms with Gasteiger partial charge in [-0.2, -0.15) is 13.2 Å². The van der Waals surface area contributed by atoms with Crippen molar-refractivity contribution in [2.24, 2.45) is 0 Å². The van der Waals surface area contributed by atoms with E-state index in [9.17, 15) is 18.0 Å². The van der Waals surface area contributed by atoms with Gasteiger partial charge in [0.1, 0.15) is 17.2 Å². The largest absolute Gasteiger partial charge is 0.493 e. The van der Waals surface area contributed by atoms with Crippen LogP contribution in [0.15, 0.2) is 54.6 Å². The minimum absolute atomic E-state index is 0.127. The number of rotatable bonds is 6. The predicted molar refractivity (Wildman–Crippen MR) is 103 cm³/mol. The molecule has 0 heterocycles. The monoisotopic (exact) mass is 424 g/mol. The highest BCUT2D eigenvalue weighted by atomic mass is 35.5. The average Bonchev–Trinajstić information content (AvgIpc) is 2.68. The molecule has 0 saturated carbocycles. The summed E-state index contributed by atoms with van der Waals surface area (Å²) in [6.45, 7) is 0.200. The first-order chi connectivity index (χ1) is 13.8. The summed E-state index contributed by atoms with van der Waals surface area (Å²) >= 11 is 5.93. The molecule has 8 heteroatoms. The van der Waals surface area contributed by atoms with Crippen LogP contribution in [0.3, 0.4) is 0 Å². The molecule has 0 amide bonds. The molecule has 0 N–H and O–H groups in total. The van der Waals surface area contributed by atoms with E-state index in [4.69, 9.17) is 21.1 Å². The number of hydrogen-bond donors (Lipinski definition) is 0. The second kappa shape index (κ2) is 8.61. The Morgan fingerprint density at radius 3 is 2.24 bits per heavy atom. The fourth-order valence-corrected chi connectivity index (χ4v) is 2.82. The van der Waals surface area contributed by atoms with E-state index in [1.807, 2.05) is 12.1 Å². The van der Waals surface area contributed by atoms with Crippen LogP contribution in [0.5, 0.6) is 17.2 Å². The summed E-state index contributed by atoms with van der Waals surface area (Å²) in [6, 6.07) is 13.5. The molecule has 0 unspecified atom stereocenters.